The predicted molar refractivity (Wildman–Crippen MR) is 94.5 cm³/mol. The van der Waals surface area contributed by atoms with Crippen LogP contribution < -0.4 is 10.2 Å². The molecule has 0 saturated carbocycles. The van der Waals surface area contributed by atoms with E-state index in [0.29, 0.717) is 12.1 Å². The molecule has 0 spiro atoms. The summed E-state index contributed by atoms with van der Waals surface area (Å²) in [6.07, 6.45) is 1.50. The Morgan fingerprint density at radius 1 is 1.04 bits per heavy atom. The van der Waals surface area contributed by atoms with Gasteiger partial charge in [-0.15, -0.1) is 0 Å². The summed E-state index contributed by atoms with van der Waals surface area (Å²) in [4.78, 5) is 0. The Morgan fingerprint density at radius 2 is 1.57 bits per heavy atom. The molecule has 1 heterocycles. The fourth-order valence-corrected chi connectivity index (χ4v) is 3.52. The van der Waals surface area contributed by atoms with Crippen molar-refractivity contribution in [2.75, 3.05) is 10.5 Å². The summed E-state index contributed by atoms with van der Waals surface area (Å²) in [7, 11) is -3.72. The minimum atomic E-state index is -3.28. The molecule has 1 aromatic carbocycles. The minimum Gasteiger partial charge on any atom is -0.399 e. The van der Waals surface area contributed by atoms with Crippen LogP contribution in [0.15, 0.2) is 24.3 Å². The first kappa shape index (κ1) is 18.3. The van der Waals surface area contributed by atoms with E-state index in [-0.39, 0.29) is 5.75 Å². The third-order valence-electron chi connectivity index (χ3n) is 4.48. The average Bonchev–Trinajstić information content (AvgIpc) is 2.66. The van der Waals surface area contributed by atoms with Crippen LogP contribution in [-0.2, 0) is 19.3 Å². The van der Waals surface area contributed by atoms with Crippen LogP contribution in [0.4, 0.5) is 5.69 Å². The summed E-state index contributed by atoms with van der Waals surface area (Å²) < 4.78 is 38.4. The van der Waals surface area contributed by atoms with Crippen molar-refractivity contribution >= 4 is 28.3 Å². The van der Waals surface area contributed by atoms with Crippen LogP contribution in [0, 0.1) is 0 Å². The van der Waals surface area contributed by atoms with E-state index in [9.17, 15) is 8.42 Å². The molecule has 1 N–H and O–H groups in total. The predicted octanol–water partition coefficient (Wildman–Crippen LogP) is 2.53. The first-order valence-electron chi connectivity index (χ1n) is 8.02. The highest BCUT2D eigenvalue weighted by atomic mass is 32.2. The fourth-order valence-electron chi connectivity index (χ4n) is 2.25. The third kappa shape index (κ3) is 4.28. The van der Waals surface area contributed by atoms with Gasteiger partial charge in [-0.25, -0.2) is 8.42 Å². The van der Waals surface area contributed by atoms with E-state index >= 15 is 0 Å². The number of anilines is 1. The van der Waals surface area contributed by atoms with Crippen LogP contribution in [0.5, 0.6) is 0 Å². The van der Waals surface area contributed by atoms with Crippen molar-refractivity contribution in [2.24, 2.45) is 0 Å². The summed E-state index contributed by atoms with van der Waals surface area (Å²) in [6.45, 7) is 9.98. The van der Waals surface area contributed by atoms with Crippen molar-refractivity contribution in [2.45, 2.75) is 58.7 Å². The minimum absolute atomic E-state index is 0.141. The van der Waals surface area contributed by atoms with Gasteiger partial charge in [0.05, 0.1) is 17.0 Å². The maximum absolute atomic E-state index is 11.9. The molecule has 5 nitrogen and oxygen atoms in total. The molecule has 0 atom stereocenters. The van der Waals surface area contributed by atoms with E-state index in [2.05, 4.69) is 4.72 Å². The van der Waals surface area contributed by atoms with E-state index in [4.69, 9.17) is 9.31 Å². The second kappa shape index (κ2) is 6.45. The molecule has 23 heavy (non-hydrogen) atoms. The second-order valence-electron chi connectivity index (χ2n) is 6.98. The zero-order chi connectivity index (χ0) is 17.3. The van der Waals surface area contributed by atoms with Gasteiger partial charge in [0.1, 0.15) is 0 Å². The fraction of sp³-hybridized carbons (Fsp3) is 0.625. The lowest BCUT2D eigenvalue weighted by Crippen LogP contribution is -2.41. The molecule has 0 aromatic heterocycles. The molecule has 1 fully saturated rings. The molecule has 1 saturated heterocycles. The monoisotopic (exact) mass is 339 g/mol. The number of hydrogen-bond acceptors (Lipinski definition) is 4. The summed E-state index contributed by atoms with van der Waals surface area (Å²) in [5.74, 6) is 0.141. The average molecular weight is 339 g/mol. The Morgan fingerprint density at radius 3 is 2.04 bits per heavy atom. The van der Waals surface area contributed by atoms with Crippen molar-refractivity contribution in [1.29, 1.82) is 0 Å². The van der Waals surface area contributed by atoms with Gasteiger partial charge in [-0.05, 0) is 51.7 Å². The van der Waals surface area contributed by atoms with Gasteiger partial charge in [-0.3, -0.25) is 4.72 Å². The summed E-state index contributed by atoms with van der Waals surface area (Å²) in [5.41, 5.74) is 0.650. The molecule has 0 unspecified atom stereocenters. The van der Waals surface area contributed by atoms with Gasteiger partial charge in [0.15, 0.2) is 0 Å². The van der Waals surface area contributed by atoms with Gasteiger partial charge in [-0.1, -0.05) is 25.5 Å². The Kier molecular flexibility index (Phi) is 5.13. The molecule has 128 valence electrons. The highest BCUT2D eigenvalue weighted by Gasteiger charge is 2.51. The Labute approximate surface area is 140 Å². The van der Waals surface area contributed by atoms with Crippen LogP contribution in [0.25, 0.3) is 0 Å². The van der Waals surface area contributed by atoms with E-state index in [1.807, 2.05) is 46.8 Å². The first-order chi connectivity index (χ1) is 10.6. The van der Waals surface area contributed by atoms with E-state index in [1.54, 1.807) is 12.1 Å². The van der Waals surface area contributed by atoms with E-state index in [1.165, 1.54) is 0 Å². The third-order valence-corrected chi connectivity index (χ3v) is 5.85. The molecule has 1 aromatic rings. The van der Waals surface area contributed by atoms with Gasteiger partial charge in [0.2, 0.25) is 10.0 Å². The van der Waals surface area contributed by atoms with Crippen LogP contribution >= 0.6 is 0 Å². The molecular formula is C16H26BNO4S. The van der Waals surface area contributed by atoms with Gasteiger partial charge in [0, 0.05) is 5.69 Å². The number of benzene rings is 1. The quantitative estimate of drug-likeness (QED) is 0.809. The number of hydrogen-bond donors (Lipinski definition) is 1. The van der Waals surface area contributed by atoms with Gasteiger partial charge >= 0.3 is 7.12 Å². The van der Waals surface area contributed by atoms with Crippen molar-refractivity contribution in [3.63, 3.8) is 0 Å². The van der Waals surface area contributed by atoms with E-state index in [0.717, 1.165) is 11.9 Å². The normalized spacial score (nSPS) is 19.8. The van der Waals surface area contributed by atoms with Gasteiger partial charge in [-0.2, -0.15) is 0 Å². The molecule has 1 aliphatic heterocycles. The molecule has 0 aliphatic carbocycles. The topological polar surface area (TPSA) is 64.6 Å². The molecule has 0 bridgehead atoms. The second-order valence-corrected chi connectivity index (χ2v) is 8.83. The molecule has 1 aliphatic rings. The lowest BCUT2D eigenvalue weighted by molar-refractivity contribution is 0.00578. The van der Waals surface area contributed by atoms with Crippen LogP contribution in [0.3, 0.4) is 0 Å². The van der Waals surface area contributed by atoms with Gasteiger partial charge < -0.3 is 9.31 Å². The lowest BCUT2D eigenvalue weighted by atomic mass is 9.79. The smallest absolute Gasteiger partial charge is 0.399 e. The van der Waals surface area contributed by atoms with Crippen LogP contribution in [-0.4, -0.2) is 32.5 Å². The first-order valence-corrected chi connectivity index (χ1v) is 9.68. The Balaban J connectivity index is 2.06. The van der Waals surface area contributed by atoms with Crippen LogP contribution in [0.2, 0.25) is 0 Å². The lowest BCUT2D eigenvalue weighted by Gasteiger charge is -2.32. The zero-order valence-corrected chi connectivity index (χ0v) is 15.4. The summed E-state index contributed by atoms with van der Waals surface area (Å²) in [6, 6.07) is 7.15. The maximum Gasteiger partial charge on any atom is 0.494 e. The molecule has 7 heteroatoms. The van der Waals surface area contributed by atoms with Gasteiger partial charge in [0.25, 0.3) is 0 Å². The number of nitrogens with one attached hydrogen (secondary N) is 1. The highest BCUT2D eigenvalue weighted by Crippen LogP contribution is 2.36. The van der Waals surface area contributed by atoms with Crippen molar-refractivity contribution in [3.05, 3.63) is 24.3 Å². The standard InChI is InChI=1S/C16H26BNO4S/c1-6-7-12-23(19,20)18-14-10-8-13(9-11-14)17-21-15(2,3)16(4,5)22-17/h8-11,18H,6-7,12H2,1-5H3. The summed E-state index contributed by atoms with van der Waals surface area (Å²) in [5, 5.41) is 0. The number of rotatable bonds is 6. The largest absolute Gasteiger partial charge is 0.494 e. The van der Waals surface area contributed by atoms with Crippen molar-refractivity contribution < 1.29 is 17.7 Å². The molecule has 0 radical (unpaired) electrons. The maximum atomic E-state index is 11.9. The highest BCUT2D eigenvalue weighted by molar-refractivity contribution is 7.92. The summed E-state index contributed by atoms with van der Waals surface area (Å²) >= 11 is 0. The zero-order valence-electron chi connectivity index (χ0n) is 14.5. The number of unbranched alkanes of at least 4 members (excludes halogenated alkanes) is 1. The SMILES string of the molecule is CCCCS(=O)(=O)Nc1ccc(B2OC(C)(C)C(C)(C)O2)cc1. The Hall–Kier alpha value is -1.05. The molecule has 0 amide bonds. The van der Waals surface area contributed by atoms with Crippen LogP contribution in [0.1, 0.15) is 47.5 Å². The molecular weight excluding hydrogens is 313 g/mol. The van der Waals surface area contributed by atoms with Crippen molar-refractivity contribution in [3.8, 4) is 0 Å². The van der Waals surface area contributed by atoms with Crippen molar-refractivity contribution in [1.82, 2.24) is 0 Å². The molecule has 2 rings (SSSR count). The van der Waals surface area contributed by atoms with E-state index < -0.39 is 28.3 Å². The number of sulfonamides is 1. The Bertz CT molecular complexity index is 625.